The summed E-state index contributed by atoms with van der Waals surface area (Å²) in [7, 11) is 0. The Morgan fingerprint density at radius 2 is 1.23 bits per heavy atom. The van der Waals surface area contributed by atoms with Gasteiger partial charge in [0.05, 0.1) is 11.2 Å². The molecule has 0 amide bonds. The third kappa shape index (κ3) is 5.01. The van der Waals surface area contributed by atoms with Crippen LogP contribution >= 0.6 is 0 Å². The molecule has 1 heterocycles. The fourth-order valence-electron chi connectivity index (χ4n) is 9.10. The first-order valence-electron chi connectivity index (χ1n) is 18.7. The van der Waals surface area contributed by atoms with Crippen molar-refractivity contribution < 1.29 is 0 Å². The van der Waals surface area contributed by atoms with Crippen LogP contribution in [0.25, 0.3) is 49.6 Å². The Balaban J connectivity index is 1.07. The van der Waals surface area contributed by atoms with Crippen LogP contribution in [0.5, 0.6) is 0 Å². The van der Waals surface area contributed by atoms with Gasteiger partial charge < -0.3 is 9.47 Å². The SMILES string of the molecule is CC1(C)C2=CC=CCC2c2c(c3ccccc3n2-c2ccc(-c3ccc(N(c4ccccc4)c4cccc5ccccc45)cc3)cc2)-c2ccccc21. The molecule has 2 nitrogen and oxygen atoms in total. The number of nitrogens with zero attached hydrogens (tertiary/aromatic N) is 2. The van der Waals surface area contributed by atoms with Crippen molar-refractivity contribution in [3.8, 4) is 27.9 Å². The molecule has 0 bridgehead atoms. The van der Waals surface area contributed by atoms with Crippen molar-refractivity contribution in [2.24, 2.45) is 0 Å². The van der Waals surface area contributed by atoms with Gasteiger partial charge in [0, 0.05) is 50.4 Å². The van der Waals surface area contributed by atoms with Crippen LogP contribution < -0.4 is 4.90 Å². The first kappa shape index (κ1) is 31.4. The Morgan fingerprint density at radius 1 is 0.585 bits per heavy atom. The summed E-state index contributed by atoms with van der Waals surface area (Å²) in [4.78, 5) is 2.36. The van der Waals surface area contributed by atoms with E-state index in [-0.39, 0.29) is 11.3 Å². The van der Waals surface area contributed by atoms with Gasteiger partial charge in [-0.3, -0.25) is 0 Å². The molecule has 1 aromatic heterocycles. The van der Waals surface area contributed by atoms with Crippen molar-refractivity contribution in [3.63, 3.8) is 0 Å². The first-order valence-corrected chi connectivity index (χ1v) is 18.7. The Hall–Kier alpha value is -6.38. The molecule has 0 fully saturated rings. The third-order valence-electron chi connectivity index (χ3n) is 11.6. The number of fused-ring (bicyclic) bond motifs is 8. The molecular weight excluding hydrogens is 641 g/mol. The molecule has 2 aliphatic carbocycles. The van der Waals surface area contributed by atoms with Gasteiger partial charge in [-0.25, -0.2) is 0 Å². The standard InChI is InChI=1S/C51H40N2/c1-51(2)45-23-11-8-20-42(45)49-44-22-10-13-25-48(44)53(50(49)43-21-9-12-24-46(43)51)40-33-29-36(30-34-40)35-27-31-39(32-28-35)52(38-17-4-3-5-18-38)47-26-14-16-37-15-6-7-19-41(37)47/h3-20,22-34,43H,21H2,1-2H3. The number of hydrogen-bond donors (Lipinski definition) is 0. The highest BCUT2D eigenvalue weighted by Gasteiger charge is 2.41. The molecule has 0 saturated heterocycles. The van der Waals surface area contributed by atoms with Gasteiger partial charge in [0.1, 0.15) is 0 Å². The molecule has 1 atom stereocenters. The summed E-state index contributed by atoms with van der Waals surface area (Å²) in [6.07, 6.45) is 7.98. The van der Waals surface area contributed by atoms with Gasteiger partial charge in [-0.05, 0) is 82.6 Å². The highest BCUT2D eigenvalue weighted by molar-refractivity contribution is 6.02. The highest BCUT2D eigenvalue weighted by atomic mass is 15.1. The minimum Gasteiger partial charge on any atom is -0.312 e. The van der Waals surface area contributed by atoms with Crippen LogP contribution in [-0.2, 0) is 5.41 Å². The van der Waals surface area contributed by atoms with Crippen molar-refractivity contribution >= 4 is 38.7 Å². The average Bonchev–Trinajstić information content (AvgIpc) is 3.53. The molecule has 2 heteroatoms. The smallest absolute Gasteiger partial charge is 0.0540 e. The number of hydrogen-bond acceptors (Lipinski definition) is 1. The fraction of sp³-hybridized carbons (Fsp3) is 0.0980. The summed E-state index contributed by atoms with van der Waals surface area (Å²) in [5.74, 6) is 0.284. The second kappa shape index (κ2) is 12.4. The molecular formula is C51H40N2. The van der Waals surface area contributed by atoms with Crippen molar-refractivity contribution in [2.75, 3.05) is 4.90 Å². The van der Waals surface area contributed by atoms with Crippen molar-refractivity contribution in [1.29, 1.82) is 0 Å². The van der Waals surface area contributed by atoms with Crippen LogP contribution in [0.2, 0.25) is 0 Å². The summed E-state index contributed by atoms with van der Waals surface area (Å²) >= 11 is 0. The van der Waals surface area contributed by atoms with E-state index in [4.69, 9.17) is 0 Å². The summed E-state index contributed by atoms with van der Waals surface area (Å²) in [6, 6.07) is 62.1. The highest BCUT2D eigenvalue weighted by Crippen LogP contribution is 2.55. The molecule has 10 rings (SSSR count). The molecule has 0 aliphatic heterocycles. The lowest BCUT2D eigenvalue weighted by Crippen LogP contribution is -2.25. The van der Waals surface area contributed by atoms with Crippen molar-refractivity contribution in [2.45, 2.75) is 31.6 Å². The molecule has 254 valence electrons. The second-order valence-corrected chi connectivity index (χ2v) is 14.9. The number of aromatic nitrogens is 1. The van der Waals surface area contributed by atoms with Crippen LogP contribution in [0.15, 0.2) is 194 Å². The van der Waals surface area contributed by atoms with Gasteiger partial charge in [0.2, 0.25) is 0 Å². The maximum absolute atomic E-state index is 2.55. The van der Waals surface area contributed by atoms with Crippen LogP contribution in [-0.4, -0.2) is 4.57 Å². The number of para-hydroxylation sites is 2. The number of anilines is 3. The Labute approximate surface area is 311 Å². The van der Waals surface area contributed by atoms with E-state index in [0.717, 1.165) is 17.8 Å². The van der Waals surface area contributed by atoms with Gasteiger partial charge in [-0.1, -0.05) is 159 Å². The zero-order valence-electron chi connectivity index (χ0n) is 30.1. The monoisotopic (exact) mass is 680 g/mol. The predicted molar refractivity (Wildman–Crippen MR) is 224 cm³/mol. The van der Waals surface area contributed by atoms with Crippen molar-refractivity contribution in [1.82, 2.24) is 4.57 Å². The molecule has 53 heavy (non-hydrogen) atoms. The summed E-state index contributed by atoms with van der Waals surface area (Å²) in [5.41, 5.74) is 15.2. The number of rotatable bonds is 5. The quantitative estimate of drug-likeness (QED) is 0.176. The van der Waals surface area contributed by atoms with E-state index in [2.05, 4.69) is 211 Å². The van der Waals surface area contributed by atoms with Gasteiger partial charge in [-0.2, -0.15) is 0 Å². The van der Waals surface area contributed by atoms with E-state index in [9.17, 15) is 0 Å². The predicted octanol–water partition coefficient (Wildman–Crippen LogP) is 13.8. The van der Waals surface area contributed by atoms with Gasteiger partial charge in [-0.15, -0.1) is 0 Å². The molecule has 0 spiro atoms. The molecule has 1 unspecified atom stereocenters. The normalized spacial score (nSPS) is 15.7. The zero-order valence-corrected chi connectivity index (χ0v) is 30.1. The van der Waals surface area contributed by atoms with Crippen LogP contribution in [0.4, 0.5) is 17.1 Å². The van der Waals surface area contributed by atoms with E-state index < -0.39 is 0 Å². The average molecular weight is 681 g/mol. The minimum atomic E-state index is -0.0866. The molecule has 0 N–H and O–H groups in total. The van der Waals surface area contributed by atoms with Gasteiger partial charge >= 0.3 is 0 Å². The van der Waals surface area contributed by atoms with E-state index in [1.165, 1.54) is 72.1 Å². The summed E-state index contributed by atoms with van der Waals surface area (Å²) < 4.78 is 2.55. The zero-order chi connectivity index (χ0) is 35.5. The summed E-state index contributed by atoms with van der Waals surface area (Å²) in [6.45, 7) is 4.81. The van der Waals surface area contributed by atoms with E-state index in [1.54, 1.807) is 0 Å². The molecule has 8 aromatic rings. The lowest BCUT2D eigenvalue weighted by Gasteiger charge is -2.34. The molecule has 0 radical (unpaired) electrons. The van der Waals surface area contributed by atoms with E-state index in [0.29, 0.717) is 0 Å². The lowest BCUT2D eigenvalue weighted by atomic mass is 9.70. The van der Waals surface area contributed by atoms with E-state index >= 15 is 0 Å². The van der Waals surface area contributed by atoms with Crippen LogP contribution in [0, 0.1) is 0 Å². The lowest BCUT2D eigenvalue weighted by molar-refractivity contribution is 0.556. The minimum absolute atomic E-state index is 0.0866. The maximum atomic E-state index is 2.55. The topological polar surface area (TPSA) is 8.17 Å². The van der Waals surface area contributed by atoms with Gasteiger partial charge in [0.15, 0.2) is 0 Å². The number of allylic oxidation sites excluding steroid dienone is 4. The number of benzene rings is 7. The Morgan fingerprint density at radius 3 is 2.04 bits per heavy atom. The van der Waals surface area contributed by atoms with Gasteiger partial charge in [0.25, 0.3) is 0 Å². The summed E-state index contributed by atoms with van der Waals surface area (Å²) in [5, 5.41) is 3.78. The molecule has 7 aromatic carbocycles. The maximum Gasteiger partial charge on any atom is 0.0540 e. The Kier molecular flexibility index (Phi) is 7.33. The first-order chi connectivity index (χ1) is 26.1. The Bertz CT molecular complexity index is 2700. The van der Waals surface area contributed by atoms with Crippen LogP contribution in [0.1, 0.15) is 37.4 Å². The van der Waals surface area contributed by atoms with Crippen molar-refractivity contribution in [3.05, 3.63) is 205 Å². The largest absolute Gasteiger partial charge is 0.312 e. The molecule has 0 saturated carbocycles. The third-order valence-corrected chi connectivity index (χ3v) is 11.6. The fourth-order valence-corrected chi connectivity index (χ4v) is 9.10. The van der Waals surface area contributed by atoms with Crippen LogP contribution in [0.3, 0.4) is 0 Å². The second-order valence-electron chi connectivity index (χ2n) is 14.9. The molecule has 2 aliphatic rings. The van der Waals surface area contributed by atoms with E-state index in [1.807, 2.05) is 0 Å².